The van der Waals surface area contributed by atoms with Crippen LogP contribution >= 0.6 is 11.6 Å². The highest BCUT2D eigenvalue weighted by Crippen LogP contribution is 2.29. The summed E-state index contributed by atoms with van der Waals surface area (Å²) in [5.41, 5.74) is 2.08. The highest BCUT2D eigenvalue weighted by molar-refractivity contribution is 6.30. The summed E-state index contributed by atoms with van der Waals surface area (Å²) in [4.78, 5) is 27.7. The smallest absolute Gasteiger partial charge is 0.276 e. The van der Waals surface area contributed by atoms with Gasteiger partial charge in [-0.1, -0.05) is 35.9 Å². The molecule has 2 aliphatic heterocycles. The largest absolute Gasteiger partial charge is 0.365 e. The SMILES string of the molecule is CC1CCC(NC(=O)C2CCN(C(=O)c3nnn4c3CO[C@H](c3ccc(Cl)cc3)C4)CC2)CC1. The number of aromatic nitrogens is 3. The van der Waals surface area contributed by atoms with E-state index in [9.17, 15) is 9.59 Å². The van der Waals surface area contributed by atoms with Crippen LogP contribution in [0.2, 0.25) is 5.02 Å². The van der Waals surface area contributed by atoms with E-state index in [1.807, 2.05) is 24.3 Å². The van der Waals surface area contributed by atoms with Gasteiger partial charge in [0.05, 0.1) is 18.8 Å². The zero-order chi connectivity index (χ0) is 23.7. The summed E-state index contributed by atoms with van der Waals surface area (Å²) in [7, 11) is 0. The number of hydrogen-bond acceptors (Lipinski definition) is 5. The number of ether oxygens (including phenoxy) is 1. The fraction of sp³-hybridized carbons (Fsp3) is 0.600. The molecule has 3 aliphatic rings. The molecule has 1 aliphatic carbocycles. The van der Waals surface area contributed by atoms with Gasteiger partial charge in [-0.3, -0.25) is 9.59 Å². The molecule has 1 aromatic carbocycles. The summed E-state index contributed by atoms with van der Waals surface area (Å²) in [6.07, 6.45) is 5.72. The molecular formula is C25H32ClN5O3. The molecule has 182 valence electrons. The third kappa shape index (κ3) is 4.98. The van der Waals surface area contributed by atoms with Gasteiger partial charge < -0.3 is 15.0 Å². The molecule has 1 atom stereocenters. The average Bonchev–Trinajstić information content (AvgIpc) is 3.29. The van der Waals surface area contributed by atoms with Crippen molar-refractivity contribution in [1.29, 1.82) is 0 Å². The molecule has 0 bridgehead atoms. The molecule has 0 spiro atoms. The lowest BCUT2D eigenvalue weighted by molar-refractivity contribution is -0.127. The summed E-state index contributed by atoms with van der Waals surface area (Å²) < 4.78 is 7.79. The van der Waals surface area contributed by atoms with E-state index in [2.05, 4.69) is 22.6 Å². The normalized spacial score (nSPS) is 25.6. The predicted molar refractivity (Wildman–Crippen MR) is 127 cm³/mol. The molecule has 0 radical (unpaired) electrons. The first-order chi connectivity index (χ1) is 16.5. The molecule has 8 nitrogen and oxygen atoms in total. The molecule has 2 amide bonds. The Hall–Kier alpha value is -2.45. The minimum Gasteiger partial charge on any atom is -0.365 e. The van der Waals surface area contributed by atoms with Crippen LogP contribution in [0.3, 0.4) is 0 Å². The van der Waals surface area contributed by atoms with E-state index in [1.54, 1.807) is 9.58 Å². The Bertz CT molecular complexity index is 1020. The fourth-order valence-electron chi connectivity index (χ4n) is 5.27. The van der Waals surface area contributed by atoms with Crippen molar-refractivity contribution in [1.82, 2.24) is 25.2 Å². The van der Waals surface area contributed by atoms with Gasteiger partial charge >= 0.3 is 0 Å². The average molecular weight is 486 g/mol. The van der Waals surface area contributed by atoms with Gasteiger partial charge in [0.2, 0.25) is 5.91 Å². The first-order valence-electron chi connectivity index (χ1n) is 12.4. The van der Waals surface area contributed by atoms with Gasteiger partial charge in [0.25, 0.3) is 5.91 Å². The number of hydrogen-bond donors (Lipinski definition) is 1. The number of halogens is 1. The van der Waals surface area contributed by atoms with Crippen LogP contribution in [0.1, 0.15) is 73.3 Å². The number of likely N-dealkylation sites (tertiary alicyclic amines) is 1. The topological polar surface area (TPSA) is 89.4 Å². The standard InChI is InChI=1S/C25H32ClN5O3/c1-16-2-8-20(9-3-16)27-24(32)18-10-12-30(13-11-18)25(33)23-21-15-34-22(14-31(21)29-28-23)17-4-6-19(26)7-5-17/h4-7,16,18,20,22H,2-3,8-15H2,1H3,(H,27,32)/t16?,20?,22-/m0/s1. The van der Waals surface area contributed by atoms with Crippen LogP contribution in [-0.4, -0.2) is 50.8 Å². The Morgan fingerprint density at radius 2 is 1.76 bits per heavy atom. The van der Waals surface area contributed by atoms with Gasteiger partial charge in [-0.15, -0.1) is 5.10 Å². The lowest BCUT2D eigenvalue weighted by Crippen LogP contribution is -2.46. The number of nitrogens with one attached hydrogen (secondary N) is 1. The molecule has 2 aromatic rings. The molecule has 2 fully saturated rings. The third-order valence-corrected chi connectivity index (χ3v) is 7.81. The molecule has 5 rings (SSSR count). The summed E-state index contributed by atoms with van der Waals surface area (Å²) in [6, 6.07) is 7.87. The minimum atomic E-state index is -0.156. The monoisotopic (exact) mass is 485 g/mol. The maximum atomic E-state index is 13.2. The third-order valence-electron chi connectivity index (χ3n) is 7.56. The van der Waals surface area contributed by atoms with Crippen LogP contribution in [0.25, 0.3) is 0 Å². The van der Waals surface area contributed by atoms with E-state index in [-0.39, 0.29) is 30.4 Å². The van der Waals surface area contributed by atoms with Gasteiger partial charge in [0.15, 0.2) is 5.69 Å². The van der Waals surface area contributed by atoms with Crippen molar-refractivity contribution < 1.29 is 14.3 Å². The van der Waals surface area contributed by atoms with E-state index >= 15 is 0 Å². The van der Waals surface area contributed by atoms with Crippen LogP contribution in [0.5, 0.6) is 0 Å². The van der Waals surface area contributed by atoms with Crippen LogP contribution in [0, 0.1) is 11.8 Å². The van der Waals surface area contributed by atoms with Crippen LogP contribution in [-0.2, 0) is 22.7 Å². The highest BCUT2D eigenvalue weighted by atomic mass is 35.5. The molecule has 0 unspecified atom stereocenters. The molecule has 1 saturated heterocycles. The Morgan fingerprint density at radius 1 is 1.06 bits per heavy atom. The van der Waals surface area contributed by atoms with E-state index < -0.39 is 0 Å². The van der Waals surface area contributed by atoms with Crippen LogP contribution in [0.4, 0.5) is 0 Å². The Labute approximate surface area is 205 Å². The quantitative estimate of drug-likeness (QED) is 0.712. The molecule has 9 heteroatoms. The second-order valence-corrected chi connectivity index (χ2v) is 10.4. The number of carbonyl (C=O) groups is 2. The van der Waals surface area contributed by atoms with Crippen LogP contribution < -0.4 is 5.32 Å². The second-order valence-electron chi connectivity index (χ2n) is 9.95. The molecule has 1 aromatic heterocycles. The van der Waals surface area contributed by atoms with Crippen molar-refractivity contribution in [2.24, 2.45) is 11.8 Å². The Morgan fingerprint density at radius 3 is 2.47 bits per heavy atom. The molecular weight excluding hydrogens is 454 g/mol. The van der Waals surface area contributed by atoms with Crippen molar-refractivity contribution in [2.75, 3.05) is 13.1 Å². The highest BCUT2D eigenvalue weighted by Gasteiger charge is 2.33. The van der Waals surface area contributed by atoms with E-state index in [1.165, 1.54) is 12.8 Å². The number of carbonyl (C=O) groups excluding carboxylic acids is 2. The van der Waals surface area contributed by atoms with Crippen molar-refractivity contribution in [3.05, 3.63) is 46.2 Å². The Kier molecular flexibility index (Phi) is 6.88. The van der Waals surface area contributed by atoms with Gasteiger partial charge in [0, 0.05) is 30.1 Å². The number of nitrogens with zero attached hydrogens (tertiary/aromatic N) is 4. The van der Waals surface area contributed by atoms with Gasteiger partial charge in [-0.2, -0.15) is 0 Å². The predicted octanol–water partition coefficient (Wildman–Crippen LogP) is 3.75. The zero-order valence-corrected chi connectivity index (χ0v) is 20.3. The number of piperidine rings is 1. The van der Waals surface area contributed by atoms with Crippen molar-refractivity contribution in [2.45, 2.75) is 70.7 Å². The molecule has 1 N–H and O–H groups in total. The van der Waals surface area contributed by atoms with Crippen molar-refractivity contribution in [3.8, 4) is 0 Å². The van der Waals surface area contributed by atoms with Gasteiger partial charge in [-0.25, -0.2) is 4.68 Å². The van der Waals surface area contributed by atoms with Gasteiger partial charge in [0.1, 0.15) is 6.10 Å². The number of benzene rings is 1. The summed E-state index contributed by atoms with van der Waals surface area (Å²) >= 11 is 5.99. The maximum absolute atomic E-state index is 13.2. The van der Waals surface area contributed by atoms with Crippen LogP contribution in [0.15, 0.2) is 24.3 Å². The number of amides is 2. The van der Waals surface area contributed by atoms with Crippen molar-refractivity contribution >= 4 is 23.4 Å². The molecule has 34 heavy (non-hydrogen) atoms. The molecule has 1 saturated carbocycles. The maximum Gasteiger partial charge on any atom is 0.276 e. The summed E-state index contributed by atoms with van der Waals surface area (Å²) in [5.74, 6) is 0.754. The van der Waals surface area contributed by atoms with E-state index in [4.69, 9.17) is 16.3 Å². The van der Waals surface area contributed by atoms with E-state index in [0.717, 1.165) is 24.3 Å². The lowest BCUT2D eigenvalue weighted by atomic mass is 9.86. The van der Waals surface area contributed by atoms with E-state index in [0.29, 0.717) is 54.9 Å². The summed E-state index contributed by atoms with van der Waals surface area (Å²) in [5, 5.41) is 12.4. The first-order valence-corrected chi connectivity index (χ1v) is 12.7. The zero-order valence-electron chi connectivity index (χ0n) is 19.6. The number of fused-ring (bicyclic) bond motifs is 1. The fourth-order valence-corrected chi connectivity index (χ4v) is 5.40. The summed E-state index contributed by atoms with van der Waals surface area (Å²) in [6.45, 7) is 4.17. The number of rotatable bonds is 4. The van der Waals surface area contributed by atoms with Gasteiger partial charge in [-0.05, 0) is 62.1 Å². The lowest BCUT2D eigenvalue weighted by Gasteiger charge is -2.33. The molecule has 3 heterocycles. The second kappa shape index (κ2) is 10.0. The minimum absolute atomic E-state index is 0.0269. The van der Waals surface area contributed by atoms with Crippen molar-refractivity contribution in [3.63, 3.8) is 0 Å². The first kappa shape index (κ1) is 23.3. The Balaban J connectivity index is 1.15.